The lowest BCUT2D eigenvalue weighted by molar-refractivity contribution is -0.116. The number of esters is 1. The molecule has 2 N–H and O–H groups in total. The zero-order valence-corrected chi connectivity index (χ0v) is 17.9. The largest absolute Gasteiger partial charge is 0.493 e. The number of carbonyl (C=O) groups is 3. The zero-order chi connectivity index (χ0) is 22.7. The van der Waals surface area contributed by atoms with Crippen molar-refractivity contribution in [2.45, 2.75) is 31.9 Å². The Morgan fingerprint density at radius 3 is 2.53 bits per heavy atom. The maximum Gasteiger partial charge on any atom is 0.337 e. The summed E-state index contributed by atoms with van der Waals surface area (Å²) in [6, 6.07) is 11.5. The smallest absolute Gasteiger partial charge is 0.337 e. The Kier molecular flexibility index (Phi) is 6.11. The van der Waals surface area contributed by atoms with Gasteiger partial charge in [-0.3, -0.25) is 4.79 Å². The van der Waals surface area contributed by atoms with E-state index in [1.807, 2.05) is 6.07 Å². The van der Waals surface area contributed by atoms with Gasteiger partial charge in [-0.1, -0.05) is 18.2 Å². The standard InChI is InChI=1S/C24H24N2O6/c1-30-20-12-16(22-21-17(25-24(29)26-22)4-3-5-18(21)27)10-11-19(20)32-13-14-6-8-15(9-7-14)23(28)31-2/h6-12,22H,3-5,13H2,1-2H3,(H2,25,26,29). The fourth-order valence-electron chi connectivity index (χ4n) is 3.95. The first-order valence-electron chi connectivity index (χ1n) is 10.3. The van der Waals surface area contributed by atoms with E-state index in [1.165, 1.54) is 14.2 Å². The van der Waals surface area contributed by atoms with Gasteiger partial charge in [0.05, 0.1) is 25.8 Å². The van der Waals surface area contributed by atoms with E-state index in [0.29, 0.717) is 41.2 Å². The summed E-state index contributed by atoms with van der Waals surface area (Å²) in [6.07, 6.45) is 1.89. The number of ketones is 1. The van der Waals surface area contributed by atoms with Crippen molar-refractivity contribution in [2.24, 2.45) is 0 Å². The molecule has 8 nitrogen and oxygen atoms in total. The van der Waals surface area contributed by atoms with Crippen LogP contribution in [0.4, 0.5) is 4.79 Å². The van der Waals surface area contributed by atoms with E-state index in [2.05, 4.69) is 10.6 Å². The highest BCUT2D eigenvalue weighted by atomic mass is 16.5. The maximum absolute atomic E-state index is 12.6. The molecule has 0 saturated heterocycles. The third-order valence-electron chi connectivity index (χ3n) is 5.58. The van der Waals surface area contributed by atoms with Gasteiger partial charge in [-0.25, -0.2) is 9.59 Å². The van der Waals surface area contributed by atoms with Crippen molar-refractivity contribution in [3.8, 4) is 11.5 Å². The number of urea groups is 1. The topological polar surface area (TPSA) is 103 Å². The summed E-state index contributed by atoms with van der Waals surface area (Å²) >= 11 is 0. The van der Waals surface area contributed by atoms with Gasteiger partial charge < -0.3 is 24.8 Å². The molecule has 0 radical (unpaired) electrons. The van der Waals surface area contributed by atoms with E-state index in [9.17, 15) is 14.4 Å². The molecule has 8 heteroatoms. The number of amides is 2. The summed E-state index contributed by atoms with van der Waals surface area (Å²) in [5.74, 6) is 0.664. The number of rotatable bonds is 6. The molecule has 0 fully saturated rings. The average molecular weight is 436 g/mol. The first kappa shape index (κ1) is 21.4. The van der Waals surface area contributed by atoms with Crippen molar-refractivity contribution in [3.05, 3.63) is 70.4 Å². The number of allylic oxidation sites excluding steroid dienone is 1. The molecule has 2 aromatic rings. The first-order chi connectivity index (χ1) is 15.5. The van der Waals surface area contributed by atoms with Gasteiger partial charge in [-0.2, -0.15) is 0 Å². The highest BCUT2D eigenvalue weighted by molar-refractivity contribution is 6.01. The number of Topliss-reactive ketones (excluding diaryl/α,β-unsaturated/α-hetero) is 1. The van der Waals surface area contributed by atoms with E-state index in [-0.39, 0.29) is 18.4 Å². The summed E-state index contributed by atoms with van der Waals surface area (Å²) in [7, 11) is 2.88. The molecule has 1 aliphatic heterocycles. The van der Waals surface area contributed by atoms with Gasteiger partial charge in [0, 0.05) is 17.7 Å². The molecule has 0 aromatic heterocycles. The van der Waals surface area contributed by atoms with Crippen LogP contribution in [0.25, 0.3) is 0 Å². The van der Waals surface area contributed by atoms with Gasteiger partial charge in [-0.05, 0) is 48.2 Å². The second-order valence-corrected chi connectivity index (χ2v) is 7.59. The molecule has 2 aliphatic rings. The van der Waals surface area contributed by atoms with E-state index in [4.69, 9.17) is 14.2 Å². The Morgan fingerprint density at radius 1 is 1.03 bits per heavy atom. The Morgan fingerprint density at radius 2 is 1.81 bits per heavy atom. The van der Waals surface area contributed by atoms with Crippen LogP contribution < -0.4 is 20.1 Å². The molecular weight excluding hydrogens is 412 g/mol. The monoisotopic (exact) mass is 436 g/mol. The Hall–Kier alpha value is -3.81. The lowest BCUT2D eigenvalue weighted by atomic mass is 9.85. The lowest BCUT2D eigenvalue weighted by Gasteiger charge is -2.32. The number of nitrogens with one attached hydrogen (secondary N) is 2. The molecule has 1 atom stereocenters. The number of carbonyl (C=O) groups excluding carboxylic acids is 3. The Bertz CT molecular complexity index is 1090. The van der Waals surface area contributed by atoms with Crippen LogP contribution in [0.15, 0.2) is 53.7 Å². The van der Waals surface area contributed by atoms with Crippen LogP contribution in [0.5, 0.6) is 11.5 Å². The number of hydrogen-bond donors (Lipinski definition) is 2. The van der Waals surface area contributed by atoms with Crippen LogP contribution in [-0.2, 0) is 16.1 Å². The summed E-state index contributed by atoms with van der Waals surface area (Å²) in [5.41, 5.74) is 3.39. The van der Waals surface area contributed by atoms with Crippen LogP contribution in [0.2, 0.25) is 0 Å². The van der Waals surface area contributed by atoms with E-state index < -0.39 is 12.0 Å². The molecule has 1 unspecified atom stereocenters. The molecule has 4 rings (SSSR count). The van der Waals surface area contributed by atoms with Crippen molar-refractivity contribution in [3.63, 3.8) is 0 Å². The predicted molar refractivity (Wildman–Crippen MR) is 115 cm³/mol. The van der Waals surface area contributed by atoms with Crippen LogP contribution in [-0.4, -0.2) is 32.0 Å². The molecule has 2 aromatic carbocycles. The molecule has 1 heterocycles. The van der Waals surface area contributed by atoms with E-state index in [0.717, 1.165) is 17.5 Å². The predicted octanol–water partition coefficient (Wildman–Crippen LogP) is 3.42. The molecule has 2 amide bonds. The van der Waals surface area contributed by atoms with Gasteiger partial charge in [0.1, 0.15) is 6.61 Å². The van der Waals surface area contributed by atoms with Crippen molar-refractivity contribution in [1.82, 2.24) is 10.6 Å². The third kappa shape index (κ3) is 4.30. The molecule has 0 saturated carbocycles. The summed E-state index contributed by atoms with van der Waals surface area (Å²) in [5, 5.41) is 5.61. The van der Waals surface area contributed by atoms with Crippen LogP contribution in [0.1, 0.15) is 46.8 Å². The number of hydrogen-bond acceptors (Lipinski definition) is 6. The second-order valence-electron chi connectivity index (χ2n) is 7.59. The number of ether oxygens (including phenoxy) is 3. The average Bonchev–Trinajstić information content (AvgIpc) is 2.82. The third-order valence-corrected chi connectivity index (χ3v) is 5.58. The minimum Gasteiger partial charge on any atom is -0.493 e. The highest BCUT2D eigenvalue weighted by Crippen LogP contribution is 2.37. The molecular formula is C24H24N2O6. The highest BCUT2D eigenvalue weighted by Gasteiger charge is 2.34. The molecule has 0 spiro atoms. The maximum atomic E-state index is 12.6. The Balaban J connectivity index is 1.53. The van der Waals surface area contributed by atoms with Gasteiger partial charge in [0.2, 0.25) is 0 Å². The van der Waals surface area contributed by atoms with Gasteiger partial charge in [0.15, 0.2) is 17.3 Å². The first-order valence-corrected chi connectivity index (χ1v) is 10.3. The molecule has 1 aliphatic carbocycles. The number of methoxy groups -OCH3 is 2. The summed E-state index contributed by atoms with van der Waals surface area (Å²) in [4.78, 5) is 36.2. The SMILES string of the molecule is COC(=O)c1ccc(COc2ccc(C3NC(=O)NC4=C3C(=O)CCC4)cc2OC)cc1. The number of benzene rings is 2. The molecule has 166 valence electrons. The van der Waals surface area contributed by atoms with E-state index in [1.54, 1.807) is 36.4 Å². The Labute approximate surface area is 185 Å². The zero-order valence-electron chi connectivity index (χ0n) is 17.9. The van der Waals surface area contributed by atoms with Gasteiger partial charge >= 0.3 is 12.0 Å². The minimum absolute atomic E-state index is 0.0402. The quantitative estimate of drug-likeness (QED) is 0.673. The molecule has 32 heavy (non-hydrogen) atoms. The molecule has 0 bridgehead atoms. The fraction of sp³-hybridized carbons (Fsp3) is 0.292. The second kappa shape index (κ2) is 9.13. The van der Waals surface area contributed by atoms with Crippen LogP contribution in [0.3, 0.4) is 0 Å². The lowest BCUT2D eigenvalue weighted by Crippen LogP contribution is -2.46. The van der Waals surface area contributed by atoms with Gasteiger partial charge in [-0.15, -0.1) is 0 Å². The summed E-state index contributed by atoms with van der Waals surface area (Å²) in [6.45, 7) is 0.273. The van der Waals surface area contributed by atoms with Crippen molar-refractivity contribution < 1.29 is 28.6 Å². The summed E-state index contributed by atoms with van der Waals surface area (Å²) < 4.78 is 16.1. The van der Waals surface area contributed by atoms with Crippen LogP contribution >= 0.6 is 0 Å². The van der Waals surface area contributed by atoms with E-state index >= 15 is 0 Å². The van der Waals surface area contributed by atoms with Crippen molar-refractivity contribution >= 4 is 17.8 Å². The van der Waals surface area contributed by atoms with Crippen molar-refractivity contribution in [2.75, 3.05) is 14.2 Å². The van der Waals surface area contributed by atoms with Gasteiger partial charge in [0.25, 0.3) is 0 Å². The normalized spacial score (nSPS) is 17.8. The fourth-order valence-corrected chi connectivity index (χ4v) is 3.95. The minimum atomic E-state index is -0.527. The van der Waals surface area contributed by atoms with Crippen molar-refractivity contribution in [1.29, 1.82) is 0 Å². The van der Waals surface area contributed by atoms with Crippen LogP contribution in [0, 0.1) is 0 Å².